The van der Waals surface area contributed by atoms with Crippen molar-refractivity contribution in [2.24, 2.45) is 5.92 Å². The van der Waals surface area contributed by atoms with Crippen LogP contribution in [0, 0.1) is 24.1 Å². The van der Waals surface area contributed by atoms with Crippen LogP contribution in [0.3, 0.4) is 0 Å². The molecule has 1 aliphatic carbocycles. The van der Waals surface area contributed by atoms with Crippen molar-refractivity contribution in [1.82, 2.24) is 30.3 Å². The first-order valence-corrected chi connectivity index (χ1v) is 12.2. The molecule has 3 heterocycles. The second kappa shape index (κ2) is 10.9. The van der Waals surface area contributed by atoms with Gasteiger partial charge in [0.25, 0.3) is 0 Å². The Hall–Kier alpha value is -4.40. The fourth-order valence-electron chi connectivity index (χ4n) is 3.94. The first-order chi connectivity index (χ1) is 18.1. The third-order valence-corrected chi connectivity index (χ3v) is 5.77. The zero-order chi connectivity index (χ0) is 27.4. The molecular formula is C26H31FN8O3. The predicted octanol–water partition coefficient (Wildman–Crippen LogP) is 4.03. The number of pyridine rings is 2. The summed E-state index contributed by atoms with van der Waals surface area (Å²) in [6.07, 6.45) is 11.6. The Morgan fingerprint density at radius 2 is 1.95 bits per heavy atom. The van der Waals surface area contributed by atoms with Gasteiger partial charge in [-0.15, -0.1) is 11.2 Å². The van der Waals surface area contributed by atoms with Crippen LogP contribution in [0.1, 0.15) is 46.1 Å². The van der Waals surface area contributed by atoms with E-state index in [1.54, 1.807) is 26.8 Å². The van der Waals surface area contributed by atoms with E-state index in [1.165, 1.54) is 36.6 Å². The number of methoxy groups -OCH3 is 1. The number of rotatable bonds is 9. The van der Waals surface area contributed by atoms with Crippen molar-refractivity contribution in [1.29, 1.82) is 0 Å². The van der Waals surface area contributed by atoms with Crippen molar-refractivity contribution in [3.63, 3.8) is 0 Å². The molecule has 0 aliphatic heterocycles. The van der Waals surface area contributed by atoms with Crippen LogP contribution in [0.5, 0.6) is 5.88 Å². The average Bonchev–Trinajstić information content (AvgIpc) is 3.55. The molecule has 1 saturated carbocycles. The van der Waals surface area contributed by atoms with E-state index < -0.39 is 17.5 Å². The Kier molecular flexibility index (Phi) is 7.66. The molecule has 0 radical (unpaired) electrons. The van der Waals surface area contributed by atoms with Gasteiger partial charge in [-0.2, -0.15) is 10.2 Å². The highest BCUT2D eigenvalue weighted by atomic mass is 19.1. The number of alkyl carbamates (subject to hydrolysis) is 1. The Labute approximate surface area is 220 Å². The van der Waals surface area contributed by atoms with Crippen molar-refractivity contribution >= 4 is 23.4 Å². The zero-order valence-corrected chi connectivity index (χ0v) is 21.9. The van der Waals surface area contributed by atoms with Crippen LogP contribution >= 0.6 is 0 Å². The number of aromatic nitrogens is 5. The van der Waals surface area contributed by atoms with Crippen LogP contribution in [0.2, 0.25) is 0 Å². The summed E-state index contributed by atoms with van der Waals surface area (Å²) in [7, 11) is 1.49. The number of hydrogen-bond donors (Lipinski definition) is 3. The molecule has 12 heteroatoms. The fourth-order valence-corrected chi connectivity index (χ4v) is 3.94. The van der Waals surface area contributed by atoms with E-state index in [0.29, 0.717) is 17.3 Å². The first-order valence-electron chi connectivity index (χ1n) is 12.2. The van der Waals surface area contributed by atoms with Gasteiger partial charge in [-0.25, -0.2) is 19.2 Å². The molecule has 38 heavy (non-hydrogen) atoms. The maximum Gasteiger partial charge on any atom is 0.407 e. The Morgan fingerprint density at radius 3 is 2.55 bits per heavy atom. The number of amides is 1. The van der Waals surface area contributed by atoms with Crippen molar-refractivity contribution in [3.8, 4) is 23.9 Å². The normalized spacial score (nSPS) is 14.7. The van der Waals surface area contributed by atoms with Gasteiger partial charge in [-0.05, 0) is 58.6 Å². The number of anilines is 3. The van der Waals surface area contributed by atoms with E-state index >= 15 is 4.39 Å². The summed E-state index contributed by atoms with van der Waals surface area (Å²) in [5.74, 6) is 2.66. The van der Waals surface area contributed by atoms with Gasteiger partial charge < -0.3 is 25.4 Å². The van der Waals surface area contributed by atoms with Crippen LogP contribution in [0.4, 0.5) is 26.5 Å². The minimum Gasteiger partial charge on any atom is -0.479 e. The van der Waals surface area contributed by atoms with Crippen LogP contribution in [-0.2, 0) is 4.74 Å². The second-order valence-corrected chi connectivity index (χ2v) is 10.00. The largest absolute Gasteiger partial charge is 0.479 e. The highest BCUT2D eigenvalue weighted by Crippen LogP contribution is 2.35. The quantitative estimate of drug-likeness (QED) is 0.357. The van der Waals surface area contributed by atoms with Gasteiger partial charge >= 0.3 is 6.09 Å². The molecule has 1 amide bonds. The molecule has 3 aromatic rings. The molecule has 4 rings (SSSR count). The SMILES string of the molecule is C#Cc1cc(F)c(N[C@H](C)[C@@H](NC(=O)OC(C)(C)C)C2CC2)nc1Nc1cnc(OC)c(-n2nccn2)c1. The predicted molar refractivity (Wildman–Crippen MR) is 140 cm³/mol. The summed E-state index contributed by atoms with van der Waals surface area (Å²) in [6.45, 7) is 7.26. The second-order valence-electron chi connectivity index (χ2n) is 10.00. The minimum atomic E-state index is -0.627. The summed E-state index contributed by atoms with van der Waals surface area (Å²) in [4.78, 5) is 22.5. The number of carbonyl (C=O) groups excluding carboxylic acids is 1. The molecule has 1 aliphatic rings. The number of carbonyl (C=O) groups is 1. The molecule has 0 spiro atoms. The summed E-state index contributed by atoms with van der Waals surface area (Å²) in [5.41, 5.74) is 0.591. The third kappa shape index (κ3) is 6.47. The van der Waals surface area contributed by atoms with E-state index in [9.17, 15) is 4.79 Å². The molecule has 0 aromatic carbocycles. The fraction of sp³-hybridized carbons (Fsp3) is 0.423. The molecule has 2 atom stereocenters. The Balaban J connectivity index is 1.56. The lowest BCUT2D eigenvalue weighted by molar-refractivity contribution is 0.0493. The van der Waals surface area contributed by atoms with Crippen molar-refractivity contribution < 1.29 is 18.7 Å². The van der Waals surface area contributed by atoms with Crippen LogP contribution in [0.15, 0.2) is 30.7 Å². The highest BCUT2D eigenvalue weighted by molar-refractivity contribution is 5.69. The summed E-state index contributed by atoms with van der Waals surface area (Å²) >= 11 is 0. The van der Waals surface area contributed by atoms with E-state index in [-0.39, 0.29) is 35.2 Å². The lowest BCUT2D eigenvalue weighted by Gasteiger charge is -2.28. The van der Waals surface area contributed by atoms with E-state index in [4.69, 9.17) is 15.9 Å². The molecule has 0 unspecified atom stereocenters. The molecular weight excluding hydrogens is 491 g/mol. The van der Waals surface area contributed by atoms with Gasteiger partial charge in [0.15, 0.2) is 11.6 Å². The smallest absolute Gasteiger partial charge is 0.407 e. The number of ether oxygens (including phenoxy) is 2. The maximum atomic E-state index is 15.0. The average molecular weight is 523 g/mol. The Morgan fingerprint density at radius 1 is 1.24 bits per heavy atom. The lowest BCUT2D eigenvalue weighted by Crippen LogP contribution is -2.48. The van der Waals surface area contributed by atoms with Gasteiger partial charge in [0.2, 0.25) is 5.88 Å². The number of terminal acetylenes is 1. The van der Waals surface area contributed by atoms with Crippen molar-refractivity contribution in [2.45, 2.75) is 58.2 Å². The Bertz CT molecular complexity index is 1330. The molecule has 3 N–H and O–H groups in total. The van der Waals surface area contributed by atoms with Gasteiger partial charge in [0.05, 0.1) is 43.0 Å². The molecule has 3 aromatic heterocycles. The number of nitrogens with zero attached hydrogens (tertiary/aromatic N) is 5. The summed E-state index contributed by atoms with van der Waals surface area (Å²) in [6, 6.07) is 2.32. The van der Waals surface area contributed by atoms with Gasteiger partial charge in [-0.1, -0.05) is 5.92 Å². The first kappa shape index (κ1) is 26.7. The molecule has 11 nitrogen and oxygen atoms in total. The number of halogens is 1. The summed E-state index contributed by atoms with van der Waals surface area (Å²) < 4.78 is 25.7. The molecule has 0 saturated heterocycles. The molecule has 1 fully saturated rings. The van der Waals surface area contributed by atoms with E-state index in [1.807, 2.05) is 6.92 Å². The van der Waals surface area contributed by atoms with Crippen LogP contribution in [0.25, 0.3) is 5.69 Å². The number of nitrogens with one attached hydrogen (secondary N) is 3. The topological polar surface area (TPSA) is 128 Å². The van der Waals surface area contributed by atoms with Crippen LogP contribution in [-0.4, -0.2) is 55.8 Å². The maximum absolute atomic E-state index is 15.0. The number of hydrogen-bond acceptors (Lipinski definition) is 9. The highest BCUT2D eigenvalue weighted by Gasteiger charge is 2.37. The monoisotopic (exact) mass is 522 g/mol. The molecule has 0 bridgehead atoms. The minimum absolute atomic E-state index is 0.00826. The van der Waals surface area contributed by atoms with Gasteiger partial charge in [0.1, 0.15) is 17.1 Å². The van der Waals surface area contributed by atoms with Gasteiger partial charge in [-0.3, -0.25) is 0 Å². The lowest BCUT2D eigenvalue weighted by atomic mass is 10.1. The third-order valence-electron chi connectivity index (χ3n) is 5.77. The van der Waals surface area contributed by atoms with E-state index in [2.05, 4.69) is 42.0 Å². The standard InChI is InChI=1S/C26H31FN8O3/c1-7-16-12-19(27)23(31-15(2)21(17-8-9-17)33-25(36)38-26(3,4)5)34-22(16)32-18-13-20(24(37-6)28-14-18)35-29-10-11-30-35/h1,10-15,17,21H,8-9H2,2-6H3,(H,33,36)(H2,31,32,34)/t15-,21-/m1/s1. The van der Waals surface area contributed by atoms with Gasteiger partial charge in [0, 0.05) is 6.04 Å². The van der Waals surface area contributed by atoms with E-state index in [0.717, 1.165) is 12.8 Å². The molecule has 200 valence electrons. The zero-order valence-electron chi connectivity index (χ0n) is 21.9. The summed E-state index contributed by atoms with van der Waals surface area (Å²) in [5, 5.41) is 17.4. The van der Waals surface area contributed by atoms with Crippen molar-refractivity contribution in [2.75, 3.05) is 17.7 Å². The van der Waals surface area contributed by atoms with Crippen molar-refractivity contribution in [3.05, 3.63) is 42.1 Å². The van der Waals surface area contributed by atoms with Crippen LogP contribution < -0.4 is 20.7 Å².